The molecule has 1 aliphatic rings. The Hall–Kier alpha value is -1.07. The summed E-state index contributed by atoms with van der Waals surface area (Å²) in [6, 6.07) is 0. The second-order valence-corrected chi connectivity index (χ2v) is 7.05. The molecule has 0 spiro atoms. The third-order valence-electron chi connectivity index (χ3n) is 4.07. The van der Waals surface area contributed by atoms with Crippen LogP contribution in [-0.2, 0) is 18.3 Å². The molecule has 2 rings (SSSR count). The SMILES string of the molecule is Cc1nn(C)c(N2CCOCC2(C)C)c1CNCC(C)C. The standard InChI is InChI=1S/C16H30N4O/c1-12(2)9-17-10-14-13(3)18-19(6)15(14)20-7-8-21-11-16(20,4)5/h12,17H,7-11H2,1-6H3. The topological polar surface area (TPSA) is 42.3 Å². The second kappa shape index (κ2) is 6.36. The molecule has 1 N–H and O–H groups in total. The fourth-order valence-electron chi connectivity index (χ4n) is 2.97. The van der Waals surface area contributed by atoms with E-state index in [1.807, 2.05) is 11.7 Å². The predicted octanol–water partition coefficient (Wildman–Crippen LogP) is 2.09. The fraction of sp³-hybridized carbons (Fsp3) is 0.812. The first-order valence-electron chi connectivity index (χ1n) is 7.91. The number of ether oxygens (including phenoxy) is 1. The average molecular weight is 294 g/mol. The molecule has 1 saturated heterocycles. The summed E-state index contributed by atoms with van der Waals surface area (Å²) in [7, 11) is 2.04. The highest BCUT2D eigenvalue weighted by atomic mass is 16.5. The summed E-state index contributed by atoms with van der Waals surface area (Å²) in [5, 5.41) is 8.19. The first-order chi connectivity index (χ1) is 9.83. The van der Waals surface area contributed by atoms with Crippen LogP contribution in [-0.4, -0.2) is 41.6 Å². The molecule has 0 aromatic carbocycles. The maximum Gasteiger partial charge on any atom is 0.131 e. The predicted molar refractivity (Wildman–Crippen MR) is 86.7 cm³/mol. The van der Waals surface area contributed by atoms with E-state index in [9.17, 15) is 0 Å². The van der Waals surface area contributed by atoms with Gasteiger partial charge in [0.15, 0.2) is 0 Å². The Balaban J connectivity index is 2.25. The number of rotatable bonds is 5. The first-order valence-corrected chi connectivity index (χ1v) is 7.91. The van der Waals surface area contributed by atoms with Crippen LogP contribution in [0.15, 0.2) is 0 Å². The molecule has 1 aliphatic heterocycles. The summed E-state index contributed by atoms with van der Waals surface area (Å²) >= 11 is 0. The summed E-state index contributed by atoms with van der Waals surface area (Å²) in [6.45, 7) is 15.4. The molecule has 0 amide bonds. The smallest absolute Gasteiger partial charge is 0.131 e. The molecule has 0 saturated carbocycles. The number of nitrogens with one attached hydrogen (secondary N) is 1. The summed E-state index contributed by atoms with van der Waals surface area (Å²) < 4.78 is 7.67. The monoisotopic (exact) mass is 294 g/mol. The van der Waals surface area contributed by atoms with E-state index < -0.39 is 0 Å². The van der Waals surface area contributed by atoms with Crippen molar-refractivity contribution in [2.75, 3.05) is 31.2 Å². The Morgan fingerprint density at radius 2 is 2.10 bits per heavy atom. The van der Waals surface area contributed by atoms with E-state index >= 15 is 0 Å². The van der Waals surface area contributed by atoms with Crippen LogP contribution in [0.1, 0.15) is 39.0 Å². The van der Waals surface area contributed by atoms with Crippen LogP contribution in [0.2, 0.25) is 0 Å². The van der Waals surface area contributed by atoms with Crippen LogP contribution in [0.25, 0.3) is 0 Å². The van der Waals surface area contributed by atoms with E-state index in [0.29, 0.717) is 5.92 Å². The van der Waals surface area contributed by atoms with Crippen molar-refractivity contribution in [3.8, 4) is 0 Å². The first kappa shape index (κ1) is 16.3. The average Bonchev–Trinajstić information content (AvgIpc) is 2.64. The van der Waals surface area contributed by atoms with Gasteiger partial charge in [-0.15, -0.1) is 0 Å². The molecule has 21 heavy (non-hydrogen) atoms. The number of anilines is 1. The highest BCUT2D eigenvalue weighted by Gasteiger charge is 2.34. The van der Waals surface area contributed by atoms with Crippen LogP contribution in [0, 0.1) is 12.8 Å². The molecule has 5 heteroatoms. The minimum atomic E-state index is 0.00524. The summed E-state index contributed by atoms with van der Waals surface area (Å²) in [4.78, 5) is 2.45. The van der Waals surface area contributed by atoms with Gasteiger partial charge in [-0.05, 0) is 33.2 Å². The third kappa shape index (κ3) is 3.58. The van der Waals surface area contributed by atoms with Gasteiger partial charge in [-0.2, -0.15) is 5.10 Å². The highest BCUT2D eigenvalue weighted by Crippen LogP contribution is 2.31. The Morgan fingerprint density at radius 1 is 1.38 bits per heavy atom. The molecule has 120 valence electrons. The van der Waals surface area contributed by atoms with Crippen LogP contribution >= 0.6 is 0 Å². The number of aryl methyl sites for hydroxylation is 2. The maximum absolute atomic E-state index is 5.65. The molecule has 0 aliphatic carbocycles. The molecular weight excluding hydrogens is 264 g/mol. The van der Waals surface area contributed by atoms with Crippen LogP contribution in [0.5, 0.6) is 0 Å². The normalized spacial score (nSPS) is 18.5. The van der Waals surface area contributed by atoms with Crippen LogP contribution in [0.4, 0.5) is 5.82 Å². The van der Waals surface area contributed by atoms with Crippen molar-refractivity contribution in [1.29, 1.82) is 0 Å². The molecule has 0 unspecified atom stereocenters. The molecule has 0 bridgehead atoms. The zero-order valence-corrected chi connectivity index (χ0v) is 14.4. The molecule has 5 nitrogen and oxygen atoms in total. The van der Waals surface area contributed by atoms with Crippen molar-refractivity contribution in [2.24, 2.45) is 13.0 Å². The minimum Gasteiger partial charge on any atom is -0.377 e. The molecule has 1 fully saturated rings. The van der Waals surface area contributed by atoms with Crippen molar-refractivity contribution in [1.82, 2.24) is 15.1 Å². The van der Waals surface area contributed by atoms with E-state index in [4.69, 9.17) is 4.74 Å². The Kier molecular flexibility index (Phi) is 4.94. The number of hydrogen-bond donors (Lipinski definition) is 1. The summed E-state index contributed by atoms with van der Waals surface area (Å²) in [5.41, 5.74) is 2.44. The molecular formula is C16H30N4O. The van der Waals surface area contributed by atoms with Crippen molar-refractivity contribution in [3.63, 3.8) is 0 Å². The molecule has 1 aromatic heterocycles. The number of nitrogens with zero attached hydrogens (tertiary/aromatic N) is 3. The number of aromatic nitrogens is 2. The van der Waals surface area contributed by atoms with Gasteiger partial charge in [-0.1, -0.05) is 13.8 Å². The maximum atomic E-state index is 5.65. The quantitative estimate of drug-likeness (QED) is 0.903. The lowest BCUT2D eigenvalue weighted by Gasteiger charge is -2.44. The lowest BCUT2D eigenvalue weighted by atomic mass is 10.0. The number of hydrogen-bond acceptors (Lipinski definition) is 4. The van der Waals surface area contributed by atoms with Gasteiger partial charge in [0.25, 0.3) is 0 Å². The van der Waals surface area contributed by atoms with Crippen molar-refractivity contribution in [3.05, 3.63) is 11.3 Å². The van der Waals surface area contributed by atoms with E-state index in [0.717, 1.165) is 38.5 Å². The largest absolute Gasteiger partial charge is 0.377 e. The second-order valence-electron chi connectivity index (χ2n) is 7.05. The Morgan fingerprint density at radius 3 is 2.71 bits per heavy atom. The molecule has 0 radical (unpaired) electrons. The number of morpholine rings is 1. The van der Waals surface area contributed by atoms with Crippen molar-refractivity contribution >= 4 is 5.82 Å². The van der Waals surface area contributed by atoms with Gasteiger partial charge in [0.1, 0.15) is 5.82 Å². The molecule has 2 heterocycles. The van der Waals surface area contributed by atoms with E-state index in [-0.39, 0.29) is 5.54 Å². The van der Waals surface area contributed by atoms with E-state index in [1.54, 1.807) is 0 Å². The minimum absolute atomic E-state index is 0.00524. The highest BCUT2D eigenvalue weighted by molar-refractivity contribution is 5.52. The van der Waals surface area contributed by atoms with Gasteiger partial charge >= 0.3 is 0 Å². The van der Waals surface area contributed by atoms with Gasteiger partial charge in [0.05, 0.1) is 24.4 Å². The fourth-order valence-corrected chi connectivity index (χ4v) is 2.97. The zero-order chi connectivity index (χ0) is 15.6. The van der Waals surface area contributed by atoms with Crippen molar-refractivity contribution < 1.29 is 4.74 Å². The van der Waals surface area contributed by atoms with Crippen LogP contribution in [0.3, 0.4) is 0 Å². The van der Waals surface area contributed by atoms with Crippen molar-refractivity contribution in [2.45, 2.75) is 46.7 Å². The van der Waals surface area contributed by atoms with Gasteiger partial charge in [0, 0.05) is 25.7 Å². The van der Waals surface area contributed by atoms with Gasteiger partial charge < -0.3 is 15.0 Å². The van der Waals surface area contributed by atoms with Gasteiger partial charge in [0.2, 0.25) is 0 Å². The summed E-state index contributed by atoms with van der Waals surface area (Å²) in [5.74, 6) is 1.89. The Labute approximate surface area is 128 Å². The third-order valence-corrected chi connectivity index (χ3v) is 4.07. The Bertz CT molecular complexity index is 479. The molecule has 1 aromatic rings. The van der Waals surface area contributed by atoms with Crippen LogP contribution < -0.4 is 10.2 Å². The summed E-state index contributed by atoms with van der Waals surface area (Å²) in [6.07, 6.45) is 0. The molecule has 0 atom stereocenters. The zero-order valence-electron chi connectivity index (χ0n) is 14.4. The van der Waals surface area contributed by atoms with E-state index in [1.165, 1.54) is 11.4 Å². The van der Waals surface area contributed by atoms with Gasteiger partial charge in [-0.25, -0.2) is 0 Å². The lowest BCUT2D eigenvalue weighted by Crippen LogP contribution is -2.54. The lowest BCUT2D eigenvalue weighted by molar-refractivity contribution is 0.0633. The van der Waals surface area contributed by atoms with E-state index in [2.05, 4.69) is 49.9 Å². The van der Waals surface area contributed by atoms with Gasteiger partial charge in [-0.3, -0.25) is 4.68 Å².